The zero-order chi connectivity index (χ0) is 13.5. The van der Waals surface area contributed by atoms with Gasteiger partial charge in [-0.2, -0.15) is 0 Å². The van der Waals surface area contributed by atoms with Crippen LogP contribution in [0.25, 0.3) is 0 Å². The van der Waals surface area contributed by atoms with Crippen molar-refractivity contribution in [3.8, 4) is 12.3 Å². The molecule has 0 saturated carbocycles. The normalized spacial score (nSPS) is 11.3. The molecule has 0 unspecified atom stereocenters. The van der Waals surface area contributed by atoms with Gasteiger partial charge in [0.15, 0.2) is 0 Å². The number of primary amides is 1. The summed E-state index contributed by atoms with van der Waals surface area (Å²) in [5.74, 6) is 1.29. The van der Waals surface area contributed by atoms with Crippen molar-refractivity contribution in [2.45, 2.75) is 25.8 Å². The topological polar surface area (TPSA) is 85.1 Å². The van der Waals surface area contributed by atoms with Gasteiger partial charge in [-0.3, -0.25) is 14.6 Å². The summed E-state index contributed by atoms with van der Waals surface area (Å²) < 4.78 is 0. The third-order valence-electron chi connectivity index (χ3n) is 2.50. The molecule has 1 rings (SSSR count). The van der Waals surface area contributed by atoms with Gasteiger partial charge in [-0.05, 0) is 18.1 Å². The van der Waals surface area contributed by atoms with Gasteiger partial charge in [0.05, 0.1) is 0 Å². The summed E-state index contributed by atoms with van der Waals surface area (Å²) in [4.78, 5) is 27.1. The first kappa shape index (κ1) is 13.7. The first-order valence-electron chi connectivity index (χ1n) is 5.56. The summed E-state index contributed by atoms with van der Waals surface area (Å²) in [5.41, 5.74) is 6.44. The van der Waals surface area contributed by atoms with Crippen LogP contribution in [0.1, 0.15) is 29.3 Å². The molecule has 0 bridgehead atoms. The van der Waals surface area contributed by atoms with E-state index in [1.807, 2.05) is 6.92 Å². The molecule has 0 aliphatic heterocycles. The zero-order valence-corrected chi connectivity index (χ0v) is 10.1. The highest BCUT2D eigenvalue weighted by Gasteiger charge is 2.19. The van der Waals surface area contributed by atoms with Crippen molar-refractivity contribution in [1.29, 1.82) is 0 Å². The molecular formula is C13H15N3O2. The summed E-state index contributed by atoms with van der Waals surface area (Å²) in [6, 6.07) is 0.752. The third-order valence-corrected chi connectivity index (χ3v) is 2.50. The number of pyridine rings is 1. The Morgan fingerprint density at radius 2 is 2.33 bits per heavy atom. The van der Waals surface area contributed by atoms with Crippen LogP contribution in [0.5, 0.6) is 0 Å². The maximum Gasteiger partial charge on any atom is 0.252 e. The minimum Gasteiger partial charge on any atom is -0.368 e. The molecule has 1 aromatic rings. The molecule has 0 radical (unpaired) electrons. The lowest BCUT2D eigenvalue weighted by Crippen LogP contribution is -2.44. The third kappa shape index (κ3) is 3.32. The quantitative estimate of drug-likeness (QED) is 0.729. The van der Waals surface area contributed by atoms with E-state index in [1.165, 1.54) is 6.20 Å². The molecule has 1 atom stereocenters. The number of rotatable bonds is 5. The number of nitrogens with one attached hydrogen (secondary N) is 1. The van der Waals surface area contributed by atoms with Gasteiger partial charge in [0, 0.05) is 24.4 Å². The zero-order valence-electron chi connectivity index (χ0n) is 10.1. The number of aryl methyl sites for hydroxylation is 1. The smallest absolute Gasteiger partial charge is 0.252 e. The van der Waals surface area contributed by atoms with Crippen LogP contribution in [0.15, 0.2) is 18.5 Å². The van der Waals surface area contributed by atoms with E-state index in [2.05, 4.69) is 16.2 Å². The fourth-order valence-corrected chi connectivity index (χ4v) is 1.51. The Hall–Kier alpha value is -2.35. The molecule has 0 aromatic carbocycles. The molecule has 0 saturated heterocycles. The van der Waals surface area contributed by atoms with Crippen LogP contribution in [-0.2, 0) is 11.2 Å². The summed E-state index contributed by atoms with van der Waals surface area (Å²) in [6.45, 7) is 1.92. The van der Waals surface area contributed by atoms with Crippen molar-refractivity contribution in [3.05, 3.63) is 29.6 Å². The second-order valence-electron chi connectivity index (χ2n) is 3.72. The maximum absolute atomic E-state index is 12.0. The van der Waals surface area contributed by atoms with E-state index >= 15 is 0 Å². The molecular weight excluding hydrogens is 230 g/mol. The van der Waals surface area contributed by atoms with E-state index in [-0.39, 0.29) is 12.3 Å². The van der Waals surface area contributed by atoms with Crippen molar-refractivity contribution in [2.24, 2.45) is 5.73 Å². The van der Waals surface area contributed by atoms with Crippen LogP contribution in [0.3, 0.4) is 0 Å². The van der Waals surface area contributed by atoms with Crippen LogP contribution in [-0.4, -0.2) is 22.8 Å². The summed E-state index contributed by atoms with van der Waals surface area (Å²) in [6.07, 6.45) is 9.01. The Morgan fingerprint density at radius 1 is 1.61 bits per heavy atom. The number of hydrogen-bond acceptors (Lipinski definition) is 3. The van der Waals surface area contributed by atoms with Gasteiger partial charge >= 0.3 is 0 Å². The van der Waals surface area contributed by atoms with Crippen LogP contribution in [0, 0.1) is 12.3 Å². The largest absolute Gasteiger partial charge is 0.368 e. The highest BCUT2D eigenvalue weighted by molar-refractivity contribution is 5.98. The number of nitrogens with two attached hydrogens (primary N) is 1. The monoisotopic (exact) mass is 245 g/mol. The van der Waals surface area contributed by atoms with E-state index in [0.717, 1.165) is 5.56 Å². The standard InChI is InChI=1S/C13H15N3O2/c1-3-5-11(12(14)17)16-13(18)10-6-7-15-8-9(10)4-2/h1,6-8,11H,4-5H2,2H3,(H2,14,17)(H,16,18)/t11-/m0/s1. The minimum atomic E-state index is -0.847. The van der Waals surface area contributed by atoms with Gasteiger partial charge in [-0.25, -0.2) is 0 Å². The molecule has 0 aliphatic carbocycles. The maximum atomic E-state index is 12.0. The molecule has 94 valence electrons. The van der Waals surface area contributed by atoms with Gasteiger partial charge < -0.3 is 11.1 Å². The lowest BCUT2D eigenvalue weighted by atomic mass is 10.1. The SMILES string of the molecule is C#CC[C@H](NC(=O)c1ccncc1CC)C(N)=O. The second kappa shape index (κ2) is 6.40. The van der Waals surface area contributed by atoms with Crippen LogP contribution < -0.4 is 11.1 Å². The summed E-state index contributed by atoms with van der Waals surface area (Å²) >= 11 is 0. The van der Waals surface area contributed by atoms with E-state index in [0.29, 0.717) is 12.0 Å². The number of carbonyl (C=O) groups excluding carboxylic acids is 2. The number of carbonyl (C=O) groups is 2. The Labute approximate surface area is 106 Å². The molecule has 0 spiro atoms. The van der Waals surface area contributed by atoms with Gasteiger partial charge in [-0.1, -0.05) is 6.92 Å². The fraction of sp³-hybridized carbons (Fsp3) is 0.308. The molecule has 0 aliphatic rings. The van der Waals surface area contributed by atoms with Gasteiger partial charge in [0.2, 0.25) is 5.91 Å². The summed E-state index contributed by atoms with van der Waals surface area (Å²) in [7, 11) is 0. The van der Waals surface area contributed by atoms with Crippen molar-refractivity contribution in [2.75, 3.05) is 0 Å². The number of nitrogens with zero attached hydrogens (tertiary/aromatic N) is 1. The van der Waals surface area contributed by atoms with Crippen LogP contribution >= 0.6 is 0 Å². The predicted octanol–water partition coefficient (Wildman–Crippen LogP) is 0.251. The fourth-order valence-electron chi connectivity index (χ4n) is 1.51. The highest BCUT2D eigenvalue weighted by Crippen LogP contribution is 2.08. The van der Waals surface area contributed by atoms with Crippen molar-refractivity contribution < 1.29 is 9.59 Å². The molecule has 5 heteroatoms. The molecule has 0 fully saturated rings. The first-order valence-corrected chi connectivity index (χ1v) is 5.56. The Bertz CT molecular complexity index is 491. The van der Waals surface area contributed by atoms with Gasteiger partial charge in [-0.15, -0.1) is 12.3 Å². The second-order valence-corrected chi connectivity index (χ2v) is 3.72. The van der Waals surface area contributed by atoms with Crippen LogP contribution in [0.2, 0.25) is 0 Å². The summed E-state index contributed by atoms with van der Waals surface area (Å²) in [5, 5.41) is 2.52. The molecule has 1 aromatic heterocycles. The van der Waals surface area contributed by atoms with Gasteiger partial charge in [0.25, 0.3) is 5.91 Å². The number of terminal acetylenes is 1. The minimum absolute atomic E-state index is 0.0770. The first-order chi connectivity index (χ1) is 8.60. The molecule has 3 N–H and O–H groups in total. The lowest BCUT2D eigenvalue weighted by molar-refractivity contribution is -0.119. The average molecular weight is 245 g/mol. The van der Waals surface area contributed by atoms with E-state index in [9.17, 15) is 9.59 Å². The number of hydrogen-bond donors (Lipinski definition) is 2. The van der Waals surface area contributed by atoms with Crippen molar-refractivity contribution >= 4 is 11.8 Å². The van der Waals surface area contributed by atoms with E-state index < -0.39 is 11.9 Å². The Kier molecular flexibility index (Phi) is 4.88. The molecule has 1 heterocycles. The molecule has 2 amide bonds. The average Bonchev–Trinajstić information content (AvgIpc) is 2.37. The van der Waals surface area contributed by atoms with E-state index in [1.54, 1.807) is 12.3 Å². The Balaban J connectivity index is 2.87. The van der Waals surface area contributed by atoms with Gasteiger partial charge in [0.1, 0.15) is 6.04 Å². The molecule has 18 heavy (non-hydrogen) atoms. The Morgan fingerprint density at radius 3 is 2.89 bits per heavy atom. The predicted molar refractivity (Wildman–Crippen MR) is 67.5 cm³/mol. The lowest BCUT2D eigenvalue weighted by Gasteiger charge is -2.14. The number of amides is 2. The molecule has 5 nitrogen and oxygen atoms in total. The number of aromatic nitrogens is 1. The highest BCUT2D eigenvalue weighted by atomic mass is 16.2. The van der Waals surface area contributed by atoms with E-state index in [4.69, 9.17) is 12.2 Å². The van der Waals surface area contributed by atoms with Crippen molar-refractivity contribution in [1.82, 2.24) is 10.3 Å². The van der Waals surface area contributed by atoms with Crippen molar-refractivity contribution in [3.63, 3.8) is 0 Å². The van der Waals surface area contributed by atoms with Crippen LogP contribution in [0.4, 0.5) is 0 Å².